The van der Waals surface area contributed by atoms with Crippen molar-refractivity contribution in [2.45, 2.75) is 19.4 Å². The number of hydrogen-bond acceptors (Lipinski definition) is 6. The van der Waals surface area contributed by atoms with E-state index in [1.54, 1.807) is 45.4 Å². The molecule has 172 valence electrons. The van der Waals surface area contributed by atoms with Crippen molar-refractivity contribution in [3.8, 4) is 17.2 Å². The molecule has 0 aliphatic heterocycles. The van der Waals surface area contributed by atoms with Gasteiger partial charge in [0.1, 0.15) is 18.5 Å². The number of allylic oxidation sites excluding steroid dienone is 1. The second-order valence-electron chi connectivity index (χ2n) is 7.19. The fraction of sp³-hybridized carbons (Fsp3) is 0.333. The average Bonchev–Trinajstić information content (AvgIpc) is 2.79. The highest BCUT2D eigenvalue weighted by Gasteiger charge is 2.12. The summed E-state index contributed by atoms with van der Waals surface area (Å²) < 4.78 is 16.1. The van der Waals surface area contributed by atoms with Gasteiger partial charge in [0.05, 0.1) is 14.2 Å². The molecule has 8 heteroatoms. The highest BCUT2D eigenvalue weighted by atomic mass is 16.5. The Labute approximate surface area is 187 Å². The number of rotatable bonds is 13. The summed E-state index contributed by atoms with van der Waals surface area (Å²) in [7, 11) is 3.14. The lowest BCUT2D eigenvalue weighted by Gasteiger charge is -2.21. The summed E-state index contributed by atoms with van der Waals surface area (Å²) in [6.07, 6.45) is 1.57. The van der Waals surface area contributed by atoms with Crippen LogP contribution in [0.3, 0.4) is 0 Å². The maximum absolute atomic E-state index is 11.4. The first-order chi connectivity index (χ1) is 15.4. The Kier molecular flexibility index (Phi) is 9.56. The molecule has 32 heavy (non-hydrogen) atoms. The Balaban J connectivity index is 1.84. The van der Waals surface area contributed by atoms with Crippen molar-refractivity contribution in [1.82, 2.24) is 4.90 Å². The van der Waals surface area contributed by atoms with Crippen LogP contribution in [-0.4, -0.2) is 67.5 Å². The maximum Gasteiger partial charge on any atom is 0.328 e. The van der Waals surface area contributed by atoms with Crippen molar-refractivity contribution in [1.29, 1.82) is 0 Å². The van der Waals surface area contributed by atoms with E-state index in [0.29, 0.717) is 42.2 Å². The number of aliphatic carboxylic acids is 1. The smallest absolute Gasteiger partial charge is 0.328 e. The molecule has 0 aromatic heterocycles. The summed E-state index contributed by atoms with van der Waals surface area (Å²) in [6.45, 7) is 2.29. The molecule has 2 aromatic carbocycles. The van der Waals surface area contributed by atoms with Crippen molar-refractivity contribution in [2.75, 3.05) is 33.9 Å². The Bertz CT molecular complexity index is 924. The van der Waals surface area contributed by atoms with E-state index >= 15 is 0 Å². The number of amides is 1. The summed E-state index contributed by atoms with van der Waals surface area (Å²) in [6, 6.07) is 12.5. The molecule has 0 fully saturated rings. The number of nitrogens with zero attached hydrogens (tertiary/aromatic N) is 1. The molecule has 1 unspecified atom stereocenters. The van der Waals surface area contributed by atoms with Gasteiger partial charge in [-0.05, 0) is 54.3 Å². The molecule has 2 N–H and O–H groups in total. The molecular formula is C24H29NO7. The van der Waals surface area contributed by atoms with E-state index in [2.05, 4.69) is 0 Å². The van der Waals surface area contributed by atoms with Crippen molar-refractivity contribution in [3.05, 3.63) is 59.7 Å². The quantitative estimate of drug-likeness (QED) is 0.362. The molecule has 0 radical (unpaired) electrons. The largest absolute Gasteiger partial charge is 0.493 e. The van der Waals surface area contributed by atoms with Crippen molar-refractivity contribution >= 4 is 18.0 Å². The van der Waals surface area contributed by atoms with Gasteiger partial charge in [-0.15, -0.1) is 0 Å². The van der Waals surface area contributed by atoms with Crippen LogP contribution in [0, 0.1) is 0 Å². The topological polar surface area (TPSA) is 106 Å². The zero-order chi connectivity index (χ0) is 23.5. The summed E-state index contributed by atoms with van der Waals surface area (Å²) >= 11 is 0. The molecule has 1 atom stereocenters. The van der Waals surface area contributed by atoms with Crippen LogP contribution in [0.5, 0.6) is 17.2 Å². The first-order valence-corrected chi connectivity index (χ1v) is 10.1. The average molecular weight is 443 g/mol. The molecule has 0 aliphatic rings. The van der Waals surface area contributed by atoms with Crippen LogP contribution >= 0.6 is 0 Å². The molecule has 2 aromatic rings. The molecule has 0 heterocycles. The predicted octanol–water partition coefficient (Wildman–Crippen LogP) is 2.63. The second kappa shape index (κ2) is 12.4. The van der Waals surface area contributed by atoms with Gasteiger partial charge < -0.3 is 29.3 Å². The lowest BCUT2D eigenvalue weighted by molar-refractivity contribution is -0.131. The van der Waals surface area contributed by atoms with E-state index < -0.39 is 12.1 Å². The number of benzene rings is 2. The van der Waals surface area contributed by atoms with Crippen molar-refractivity contribution in [3.63, 3.8) is 0 Å². The van der Waals surface area contributed by atoms with Gasteiger partial charge in [0.25, 0.3) is 0 Å². The van der Waals surface area contributed by atoms with E-state index in [-0.39, 0.29) is 13.2 Å². The first kappa shape index (κ1) is 24.7. The fourth-order valence-corrected chi connectivity index (χ4v) is 3.09. The number of carbonyl (C=O) groups excluding carboxylic acids is 1. The molecule has 0 saturated carbocycles. The van der Waals surface area contributed by atoms with E-state index in [1.165, 1.54) is 4.90 Å². The van der Waals surface area contributed by atoms with E-state index in [9.17, 15) is 14.7 Å². The number of aliphatic hydroxyl groups excluding tert-OH is 1. The standard InChI is InChI=1S/C24H29NO7/c1-17(12-24(28)29)19-5-7-21(8-6-19)32-15-20(27)14-25(16-26)11-10-18-4-9-22(30-2)23(13-18)31-3/h4-9,12-13,16,20,27H,10-11,14-15H2,1-3H3,(H,28,29)/b17-12-. The third kappa shape index (κ3) is 7.63. The third-order valence-corrected chi connectivity index (χ3v) is 4.82. The zero-order valence-corrected chi connectivity index (χ0v) is 18.5. The Morgan fingerprint density at radius 2 is 1.78 bits per heavy atom. The molecule has 0 saturated heterocycles. The van der Waals surface area contributed by atoms with Crippen LogP contribution in [0.1, 0.15) is 18.1 Å². The van der Waals surface area contributed by atoms with Crippen LogP contribution < -0.4 is 14.2 Å². The number of aliphatic hydroxyl groups is 1. The van der Waals surface area contributed by atoms with E-state index in [1.807, 2.05) is 18.2 Å². The summed E-state index contributed by atoms with van der Waals surface area (Å²) in [5.41, 5.74) is 2.37. The van der Waals surface area contributed by atoms with Crippen LogP contribution in [-0.2, 0) is 16.0 Å². The summed E-state index contributed by atoms with van der Waals surface area (Å²) in [5, 5.41) is 19.1. The Hall–Kier alpha value is -3.52. The van der Waals surface area contributed by atoms with Crippen molar-refractivity contribution in [2.24, 2.45) is 0 Å². The molecular weight excluding hydrogens is 414 g/mol. The van der Waals surface area contributed by atoms with Crippen LogP contribution in [0.4, 0.5) is 0 Å². The number of ether oxygens (including phenoxy) is 3. The van der Waals surface area contributed by atoms with Gasteiger partial charge >= 0.3 is 5.97 Å². The molecule has 0 spiro atoms. The first-order valence-electron chi connectivity index (χ1n) is 10.1. The fourth-order valence-electron chi connectivity index (χ4n) is 3.09. The van der Waals surface area contributed by atoms with Crippen LogP contribution in [0.2, 0.25) is 0 Å². The molecule has 0 bridgehead atoms. The molecule has 2 rings (SSSR count). The minimum atomic E-state index is -1.00. The zero-order valence-electron chi connectivity index (χ0n) is 18.5. The molecule has 8 nitrogen and oxygen atoms in total. The van der Waals surface area contributed by atoms with E-state index in [4.69, 9.17) is 19.3 Å². The van der Waals surface area contributed by atoms with Gasteiger partial charge in [0, 0.05) is 19.2 Å². The monoisotopic (exact) mass is 443 g/mol. The third-order valence-electron chi connectivity index (χ3n) is 4.82. The Morgan fingerprint density at radius 3 is 2.38 bits per heavy atom. The van der Waals surface area contributed by atoms with Gasteiger partial charge in [-0.1, -0.05) is 18.2 Å². The van der Waals surface area contributed by atoms with Crippen LogP contribution in [0.15, 0.2) is 48.5 Å². The molecule has 1 amide bonds. The number of carboxylic acids is 1. The SMILES string of the molecule is COc1ccc(CCN(C=O)CC(O)COc2ccc(/C(C)=C\C(=O)O)cc2)cc1OC. The van der Waals surface area contributed by atoms with Gasteiger partial charge in [-0.2, -0.15) is 0 Å². The number of hydrogen-bond donors (Lipinski definition) is 2. The van der Waals surface area contributed by atoms with Crippen molar-refractivity contribution < 1.29 is 34.0 Å². The van der Waals surface area contributed by atoms with Crippen LogP contribution in [0.25, 0.3) is 5.57 Å². The van der Waals surface area contributed by atoms with Gasteiger partial charge in [-0.25, -0.2) is 4.79 Å². The number of carboxylic acid groups (broad SMARTS) is 1. The minimum absolute atomic E-state index is 0.0178. The maximum atomic E-state index is 11.4. The normalized spacial score (nSPS) is 12.1. The summed E-state index contributed by atoms with van der Waals surface area (Å²) in [4.78, 5) is 23.7. The number of methoxy groups -OCH3 is 2. The Morgan fingerprint density at radius 1 is 1.09 bits per heavy atom. The minimum Gasteiger partial charge on any atom is -0.493 e. The van der Waals surface area contributed by atoms with Gasteiger partial charge in [0.2, 0.25) is 6.41 Å². The highest BCUT2D eigenvalue weighted by Crippen LogP contribution is 2.27. The lowest BCUT2D eigenvalue weighted by atomic mass is 10.1. The number of carbonyl (C=O) groups is 2. The lowest BCUT2D eigenvalue weighted by Crippen LogP contribution is -2.36. The molecule has 0 aliphatic carbocycles. The summed E-state index contributed by atoms with van der Waals surface area (Å²) in [5.74, 6) is 0.795. The second-order valence-corrected chi connectivity index (χ2v) is 7.19. The highest BCUT2D eigenvalue weighted by molar-refractivity contribution is 5.89. The van der Waals surface area contributed by atoms with Gasteiger partial charge in [-0.3, -0.25) is 4.79 Å². The van der Waals surface area contributed by atoms with Gasteiger partial charge in [0.15, 0.2) is 11.5 Å². The predicted molar refractivity (Wildman–Crippen MR) is 120 cm³/mol. The van der Waals surface area contributed by atoms with E-state index in [0.717, 1.165) is 17.2 Å².